The van der Waals surface area contributed by atoms with Crippen LogP contribution in [-0.4, -0.2) is 28.6 Å². The van der Waals surface area contributed by atoms with Crippen molar-refractivity contribution in [3.63, 3.8) is 0 Å². The first kappa shape index (κ1) is 19.1. The van der Waals surface area contributed by atoms with Crippen molar-refractivity contribution in [2.45, 2.75) is 45.6 Å². The van der Waals surface area contributed by atoms with Crippen molar-refractivity contribution in [3.8, 4) is 0 Å². The summed E-state index contributed by atoms with van der Waals surface area (Å²) in [6.07, 6.45) is 3.93. The van der Waals surface area contributed by atoms with Gasteiger partial charge >= 0.3 is 8.80 Å². The van der Waals surface area contributed by atoms with E-state index in [1.165, 1.54) is 5.56 Å². The van der Waals surface area contributed by atoms with Crippen LogP contribution in [0.15, 0.2) is 43.0 Å². The summed E-state index contributed by atoms with van der Waals surface area (Å²) >= 11 is 0. The van der Waals surface area contributed by atoms with Crippen LogP contribution in [0.4, 0.5) is 0 Å². The summed E-state index contributed by atoms with van der Waals surface area (Å²) in [6.45, 7) is 11.8. The van der Waals surface area contributed by atoms with E-state index in [1.807, 2.05) is 32.9 Å². The molecule has 1 atom stereocenters. The molecule has 0 amide bonds. The Morgan fingerprint density at radius 1 is 1.00 bits per heavy atom. The van der Waals surface area contributed by atoms with Gasteiger partial charge in [0.25, 0.3) is 0 Å². The number of hydrogen-bond donors (Lipinski definition) is 0. The normalized spacial score (nSPS) is 13.0. The number of rotatable bonds is 12. The van der Waals surface area contributed by atoms with Crippen molar-refractivity contribution in [3.05, 3.63) is 48.6 Å². The van der Waals surface area contributed by atoms with E-state index in [2.05, 4.69) is 30.8 Å². The maximum atomic E-state index is 5.94. The lowest BCUT2D eigenvalue weighted by Gasteiger charge is -2.30. The Morgan fingerprint density at radius 2 is 1.55 bits per heavy atom. The van der Waals surface area contributed by atoms with Crippen LogP contribution in [0.5, 0.6) is 0 Å². The van der Waals surface area contributed by atoms with Gasteiger partial charge in [-0.3, -0.25) is 0 Å². The molecular formula is C18H30O3Si. The summed E-state index contributed by atoms with van der Waals surface area (Å²) in [6, 6.07) is 11.4. The van der Waals surface area contributed by atoms with Crippen molar-refractivity contribution in [2.24, 2.45) is 0 Å². The third kappa shape index (κ3) is 6.05. The summed E-state index contributed by atoms with van der Waals surface area (Å²) < 4.78 is 17.8. The maximum absolute atomic E-state index is 5.94. The van der Waals surface area contributed by atoms with E-state index >= 15 is 0 Å². The van der Waals surface area contributed by atoms with Crippen LogP contribution < -0.4 is 0 Å². The average Bonchev–Trinajstić information content (AvgIpc) is 2.53. The van der Waals surface area contributed by atoms with Crippen LogP contribution in [-0.2, 0) is 13.3 Å². The molecular weight excluding hydrogens is 292 g/mol. The van der Waals surface area contributed by atoms with Crippen LogP contribution in [0.2, 0.25) is 6.04 Å². The van der Waals surface area contributed by atoms with Gasteiger partial charge in [-0.2, -0.15) is 0 Å². The third-order valence-corrected chi connectivity index (χ3v) is 6.70. The monoisotopic (exact) mass is 322 g/mol. The standard InChI is InChI=1S/C18H30O3Si/c1-5-12-17(18-13-10-9-11-14-18)15-16-22(19-6-2,20-7-3)21-8-4/h5,9-11,13-14,17H,1,6-8,12,15-16H2,2-4H3. The van der Waals surface area contributed by atoms with Gasteiger partial charge in [0.1, 0.15) is 0 Å². The Morgan fingerprint density at radius 3 is 2.00 bits per heavy atom. The lowest BCUT2D eigenvalue weighted by molar-refractivity contribution is 0.0703. The van der Waals surface area contributed by atoms with Crippen LogP contribution in [0.1, 0.15) is 45.1 Å². The highest BCUT2D eigenvalue weighted by Crippen LogP contribution is 2.29. The first-order valence-corrected chi connectivity index (χ1v) is 10.2. The molecule has 0 saturated carbocycles. The molecule has 0 aliphatic carbocycles. The van der Waals surface area contributed by atoms with E-state index in [9.17, 15) is 0 Å². The molecule has 0 heterocycles. The zero-order chi connectivity index (χ0) is 16.3. The minimum absolute atomic E-state index is 0.437. The van der Waals surface area contributed by atoms with Gasteiger partial charge in [0, 0.05) is 25.9 Å². The molecule has 22 heavy (non-hydrogen) atoms. The van der Waals surface area contributed by atoms with Gasteiger partial charge in [0.15, 0.2) is 0 Å². The predicted octanol–water partition coefficient (Wildman–Crippen LogP) is 4.78. The fourth-order valence-electron chi connectivity index (χ4n) is 2.70. The quantitative estimate of drug-likeness (QED) is 0.409. The van der Waals surface area contributed by atoms with Crippen LogP contribution in [0, 0.1) is 0 Å². The molecule has 0 saturated heterocycles. The smallest absolute Gasteiger partial charge is 0.374 e. The largest absolute Gasteiger partial charge is 0.500 e. The second-order valence-electron chi connectivity index (χ2n) is 5.15. The minimum atomic E-state index is -2.55. The van der Waals surface area contributed by atoms with Crippen molar-refractivity contribution < 1.29 is 13.3 Å². The molecule has 0 N–H and O–H groups in total. The number of allylic oxidation sites excluding steroid dienone is 1. The summed E-state index contributed by atoms with van der Waals surface area (Å²) in [7, 11) is -2.55. The average molecular weight is 323 g/mol. The first-order valence-electron chi connectivity index (χ1n) is 8.29. The number of benzene rings is 1. The van der Waals surface area contributed by atoms with Gasteiger partial charge in [0.2, 0.25) is 0 Å². The highest BCUT2D eigenvalue weighted by atomic mass is 28.4. The minimum Gasteiger partial charge on any atom is -0.374 e. The fourth-order valence-corrected chi connectivity index (χ4v) is 5.40. The Bertz CT molecular complexity index is 391. The van der Waals surface area contributed by atoms with Crippen LogP contribution in [0.25, 0.3) is 0 Å². The Labute approximate surface area is 136 Å². The molecule has 1 aromatic carbocycles. The fraction of sp³-hybridized carbons (Fsp3) is 0.556. The van der Waals surface area contributed by atoms with Crippen molar-refractivity contribution in [1.82, 2.24) is 0 Å². The van der Waals surface area contributed by atoms with E-state index < -0.39 is 8.80 Å². The zero-order valence-corrected chi connectivity index (χ0v) is 15.2. The van der Waals surface area contributed by atoms with E-state index in [0.29, 0.717) is 25.7 Å². The predicted molar refractivity (Wildman–Crippen MR) is 94.1 cm³/mol. The molecule has 1 aromatic rings. The molecule has 0 fully saturated rings. The van der Waals surface area contributed by atoms with Gasteiger partial charge < -0.3 is 13.3 Å². The molecule has 0 aromatic heterocycles. The summed E-state index contributed by atoms with van der Waals surface area (Å²) in [5.41, 5.74) is 1.34. The third-order valence-electron chi connectivity index (χ3n) is 3.61. The molecule has 0 bridgehead atoms. The topological polar surface area (TPSA) is 27.7 Å². The second-order valence-corrected chi connectivity index (χ2v) is 7.88. The molecule has 0 aliphatic rings. The van der Waals surface area contributed by atoms with Crippen LogP contribution >= 0.6 is 0 Å². The second kappa shape index (κ2) is 10.7. The van der Waals surface area contributed by atoms with Gasteiger partial charge in [-0.15, -0.1) is 6.58 Å². The molecule has 4 heteroatoms. The first-order chi connectivity index (χ1) is 10.7. The zero-order valence-electron chi connectivity index (χ0n) is 14.2. The Hall–Kier alpha value is -0.943. The molecule has 0 aliphatic heterocycles. The summed E-state index contributed by atoms with van der Waals surface area (Å²) in [4.78, 5) is 0. The summed E-state index contributed by atoms with van der Waals surface area (Å²) in [5, 5.41) is 0. The molecule has 3 nitrogen and oxygen atoms in total. The van der Waals surface area contributed by atoms with Crippen LogP contribution in [0.3, 0.4) is 0 Å². The van der Waals surface area contributed by atoms with E-state index in [-0.39, 0.29) is 0 Å². The Balaban J connectivity index is 2.80. The van der Waals surface area contributed by atoms with Gasteiger partial charge in [-0.25, -0.2) is 0 Å². The van der Waals surface area contributed by atoms with Crippen molar-refractivity contribution in [2.75, 3.05) is 19.8 Å². The summed E-state index contributed by atoms with van der Waals surface area (Å²) in [5.74, 6) is 0.437. The molecule has 1 rings (SSSR count). The van der Waals surface area contributed by atoms with Gasteiger partial charge in [-0.1, -0.05) is 36.4 Å². The van der Waals surface area contributed by atoms with Gasteiger partial charge in [-0.05, 0) is 45.1 Å². The highest BCUT2D eigenvalue weighted by molar-refractivity contribution is 6.60. The Kier molecular flexibility index (Phi) is 9.32. The highest BCUT2D eigenvalue weighted by Gasteiger charge is 2.40. The van der Waals surface area contributed by atoms with Gasteiger partial charge in [0.05, 0.1) is 0 Å². The van der Waals surface area contributed by atoms with E-state index in [0.717, 1.165) is 18.9 Å². The lowest BCUT2D eigenvalue weighted by atomic mass is 9.93. The van der Waals surface area contributed by atoms with E-state index in [1.54, 1.807) is 0 Å². The molecule has 0 radical (unpaired) electrons. The lowest BCUT2D eigenvalue weighted by Crippen LogP contribution is -2.46. The maximum Gasteiger partial charge on any atom is 0.500 e. The molecule has 124 valence electrons. The van der Waals surface area contributed by atoms with Crippen molar-refractivity contribution >= 4 is 8.80 Å². The van der Waals surface area contributed by atoms with E-state index in [4.69, 9.17) is 13.3 Å². The van der Waals surface area contributed by atoms with Crippen molar-refractivity contribution in [1.29, 1.82) is 0 Å². The number of hydrogen-bond acceptors (Lipinski definition) is 3. The molecule has 0 spiro atoms. The molecule has 1 unspecified atom stereocenters. The SMILES string of the molecule is C=CCC(CC[Si](OCC)(OCC)OCC)c1ccccc1.